The number of nitrogen functional groups attached to an aromatic ring is 1. The van der Waals surface area contributed by atoms with E-state index in [9.17, 15) is 0 Å². The summed E-state index contributed by atoms with van der Waals surface area (Å²) in [4.78, 5) is 0. The summed E-state index contributed by atoms with van der Waals surface area (Å²) in [6, 6.07) is 14.0. The van der Waals surface area contributed by atoms with E-state index in [0.717, 1.165) is 22.8 Å². The van der Waals surface area contributed by atoms with Crippen LogP contribution in [0.1, 0.15) is 11.1 Å². The molecule has 3 heteroatoms. The fourth-order valence-corrected chi connectivity index (χ4v) is 2.65. The van der Waals surface area contributed by atoms with E-state index < -0.39 is 0 Å². The van der Waals surface area contributed by atoms with E-state index in [1.165, 1.54) is 16.5 Å². The summed E-state index contributed by atoms with van der Waals surface area (Å²) >= 11 is 6.04. The number of nitrogens with zero attached hydrogens (tertiary/aromatic N) is 1. The monoisotopic (exact) mass is 270 g/mol. The average Bonchev–Trinajstić information content (AvgIpc) is 2.72. The number of hydrogen-bond donors (Lipinski definition) is 1. The Bertz CT molecular complexity index is 744. The Kier molecular flexibility index (Phi) is 2.96. The second-order valence-corrected chi connectivity index (χ2v) is 5.24. The van der Waals surface area contributed by atoms with E-state index >= 15 is 0 Å². The van der Waals surface area contributed by atoms with Gasteiger partial charge in [-0.05, 0) is 42.3 Å². The number of fused-ring (bicyclic) bond motifs is 1. The van der Waals surface area contributed by atoms with E-state index in [1.807, 2.05) is 18.2 Å². The van der Waals surface area contributed by atoms with Crippen LogP contribution in [-0.4, -0.2) is 4.57 Å². The SMILES string of the molecule is Cc1cn(Cc2cc(Cl)ccc2N)c2ccccc12. The van der Waals surface area contributed by atoms with Crippen molar-refractivity contribution < 1.29 is 0 Å². The van der Waals surface area contributed by atoms with Gasteiger partial charge in [0, 0.05) is 34.4 Å². The zero-order valence-corrected chi connectivity index (χ0v) is 11.5. The molecule has 0 aliphatic heterocycles. The molecule has 0 amide bonds. The Morgan fingerprint density at radius 2 is 1.95 bits per heavy atom. The molecule has 96 valence electrons. The summed E-state index contributed by atoms with van der Waals surface area (Å²) in [5.41, 5.74) is 10.3. The first-order valence-electron chi connectivity index (χ1n) is 6.23. The number of halogens is 1. The van der Waals surface area contributed by atoms with Crippen molar-refractivity contribution in [1.29, 1.82) is 0 Å². The van der Waals surface area contributed by atoms with Crippen LogP contribution >= 0.6 is 11.6 Å². The number of benzene rings is 2. The fourth-order valence-electron chi connectivity index (χ4n) is 2.46. The minimum atomic E-state index is 0.720. The van der Waals surface area contributed by atoms with Gasteiger partial charge in [0.1, 0.15) is 0 Å². The highest BCUT2D eigenvalue weighted by Crippen LogP contribution is 2.24. The van der Waals surface area contributed by atoms with Gasteiger partial charge in [-0.2, -0.15) is 0 Å². The molecule has 0 fully saturated rings. The summed E-state index contributed by atoms with van der Waals surface area (Å²) < 4.78 is 2.21. The third-order valence-electron chi connectivity index (χ3n) is 3.43. The Labute approximate surface area is 117 Å². The van der Waals surface area contributed by atoms with Crippen LogP contribution in [-0.2, 0) is 6.54 Å². The largest absolute Gasteiger partial charge is 0.398 e. The first-order chi connectivity index (χ1) is 9.15. The van der Waals surface area contributed by atoms with Crippen molar-refractivity contribution in [2.24, 2.45) is 0 Å². The normalized spacial score (nSPS) is 11.1. The van der Waals surface area contributed by atoms with Crippen LogP contribution in [0, 0.1) is 6.92 Å². The van der Waals surface area contributed by atoms with Crippen LogP contribution in [0.3, 0.4) is 0 Å². The molecular weight excluding hydrogens is 256 g/mol. The molecule has 0 saturated heterocycles. The molecule has 0 saturated carbocycles. The molecule has 0 atom stereocenters. The predicted octanol–water partition coefficient (Wildman–Crippen LogP) is 4.23. The number of hydrogen-bond acceptors (Lipinski definition) is 1. The van der Waals surface area contributed by atoms with E-state index in [2.05, 4.69) is 42.0 Å². The topological polar surface area (TPSA) is 30.9 Å². The third kappa shape index (κ3) is 2.20. The number of aryl methyl sites for hydroxylation is 1. The Morgan fingerprint density at radius 3 is 2.79 bits per heavy atom. The molecule has 2 aromatic carbocycles. The van der Waals surface area contributed by atoms with Crippen molar-refractivity contribution in [2.75, 3.05) is 5.73 Å². The lowest BCUT2D eigenvalue weighted by Gasteiger charge is -2.09. The molecule has 0 bridgehead atoms. The molecule has 0 spiro atoms. The molecule has 0 unspecified atom stereocenters. The van der Waals surface area contributed by atoms with Gasteiger partial charge in [-0.25, -0.2) is 0 Å². The first kappa shape index (κ1) is 12.1. The molecule has 0 radical (unpaired) electrons. The van der Waals surface area contributed by atoms with Gasteiger partial charge >= 0.3 is 0 Å². The van der Waals surface area contributed by atoms with Crippen molar-refractivity contribution >= 4 is 28.2 Å². The molecule has 2 nitrogen and oxygen atoms in total. The lowest BCUT2D eigenvalue weighted by Crippen LogP contribution is -2.01. The van der Waals surface area contributed by atoms with Gasteiger partial charge in [-0.1, -0.05) is 29.8 Å². The van der Waals surface area contributed by atoms with Gasteiger partial charge in [0.25, 0.3) is 0 Å². The van der Waals surface area contributed by atoms with Crippen molar-refractivity contribution in [3.05, 3.63) is 64.8 Å². The highest BCUT2D eigenvalue weighted by Gasteiger charge is 2.07. The first-order valence-corrected chi connectivity index (χ1v) is 6.61. The van der Waals surface area contributed by atoms with Crippen molar-refractivity contribution in [1.82, 2.24) is 4.57 Å². The number of nitrogens with two attached hydrogens (primary N) is 1. The number of rotatable bonds is 2. The van der Waals surface area contributed by atoms with E-state index in [1.54, 1.807) is 0 Å². The fraction of sp³-hybridized carbons (Fsp3) is 0.125. The van der Waals surface area contributed by atoms with Gasteiger partial charge in [-0.3, -0.25) is 0 Å². The zero-order chi connectivity index (χ0) is 13.4. The molecule has 3 aromatic rings. The summed E-state index contributed by atoms with van der Waals surface area (Å²) in [6.07, 6.45) is 2.16. The second kappa shape index (κ2) is 4.63. The zero-order valence-electron chi connectivity index (χ0n) is 10.7. The summed E-state index contributed by atoms with van der Waals surface area (Å²) in [7, 11) is 0. The highest BCUT2D eigenvalue weighted by molar-refractivity contribution is 6.30. The van der Waals surface area contributed by atoms with Gasteiger partial charge in [0.2, 0.25) is 0 Å². The summed E-state index contributed by atoms with van der Waals surface area (Å²) in [6.45, 7) is 2.86. The minimum absolute atomic E-state index is 0.720. The highest BCUT2D eigenvalue weighted by atomic mass is 35.5. The number of para-hydroxylation sites is 1. The maximum absolute atomic E-state index is 6.04. The summed E-state index contributed by atoms with van der Waals surface area (Å²) in [5.74, 6) is 0. The van der Waals surface area contributed by atoms with Gasteiger partial charge in [-0.15, -0.1) is 0 Å². The maximum Gasteiger partial charge on any atom is 0.0497 e. The van der Waals surface area contributed by atoms with Crippen LogP contribution in [0.15, 0.2) is 48.7 Å². The van der Waals surface area contributed by atoms with E-state index in [0.29, 0.717) is 0 Å². The smallest absolute Gasteiger partial charge is 0.0497 e. The molecule has 1 heterocycles. The standard InChI is InChI=1S/C16H15ClN2/c1-11-9-19(16-5-3-2-4-14(11)16)10-12-8-13(17)6-7-15(12)18/h2-9H,10,18H2,1H3. The van der Waals surface area contributed by atoms with Crippen LogP contribution in [0.5, 0.6) is 0 Å². The van der Waals surface area contributed by atoms with E-state index in [-0.39, 0.29) is 0 Å². The van der Waals surface area contributed by atoms with Crippen molar-refractivity contribution in [3.8, 4) is 0 Å². The molecule has 0 aliphatic rings. The van der Waals surface area contributed by atoms with Crippen LogP contribution in [0.25, 0.3) is 10.9 Å². The minimum Gasteiger partial charge on any atom is -0.398 e. The second-order valence-electron chi connectivity index (χ2n) is 4.80. The number of anilines is 1. The quantitative estimate of drug-likeness (QED) is 0.694. The van der Waals surface area contributed by atoms with Gasteiger partial charge < -0.3 is 10.3 Å². The molecular formula is C16H15ClN2. The predicted molar refractivity (Wildman–Crippen MR) is 81.6 cm³/mol. The third-order valence-corrected chi connectivity index (χ3v) is 3.67. The van der Waals surface area contributed by atoms with Gasteiger partial charge in [0.15, 0.2) is 0 Å². The lowest BCUT2D eigenvalue weighted by atomic mass is 10.1. The van der Waals surface area contributed by atoms with Gasteiger partial charge in [0.05, 0.1) is 0 Å². The summed E-state index contributed by atoms with van der Waals surface area (Å²) in [5, 5.41) is 2.00. The van der Waals surface area contributed by atoms with E-state index in [4.69, 9.17) is 17.3 Å². The van der Waals surface area contributed by atoms with Crippen LogP contribution in [0.2, 0.25) is 5.02 Å². The van der Waals surface area contributed by atoms with Crippen molar-refractivity contribution in [3.63, 3.8) is 0 Å². The molecule has 2 N–H and O–H groups in total. The van der Waals surface area contributed by atoms with Crippen LogP contribution in [0.4, 0.5) is 5.69 Å². The average molecular weight is 271 g/mol. The Morgan fingerprint density at radius 1 is 1.16 bits per heavy atom. The molecule has 3 rings (SSSR count). The Balaban J connectivity index is 2.08. The number of aromatic nitrogens is 1. The maximum atomic E-state index is 6.04. The Hall–Kier alpha value is -1.93. The molecule has 1 aromatic heterocycles. The van der Waals surface area contributed by atoms with Crippen molar-refractivity contribution in [2.45, 2.75) is 13.5 Å². The lowest BCUT2D eigenvalue weighted by molar-refractivity contribution is 0.836. The molecule has 19 heavy (non-hydrogen) atoms. The molecule has 0 aliphatic carbocycles. The van der Waals surface area contributed by atoms with Crippen LogP contribution < -0.4 is 5.73 Å².